The summed E-state index contributed by atoms with van der Waals surface area (Å²) in [5, 5.41) is 33.5. The lowest BCUT2D eigenvalue weighted by Gasteiger charge is -2.10. The molecule has 0 atom stereocenters. The maximum absolute atomic E-state index is 12.2. The fraction of sp³-hybridized carbons (Fsp3) is 0.0556. The number of ether oxygens (including phenoxy) is 1. The van der Waals surface area contributed by atoms with Crippen molar-refractivity contribution in [2.24, 2.45) is 0 Å². The number of carboxylic acid groups (broad SMARTS) is 1. The molecule has 1 amide bonds. The number of non-ortho nitro benzene ring substituents is 1. The summed E-state index contributed by atoms with van der Waals surface area (Å²) in [6.07, 6.45) is 1.18. The van der Waals surface area contributed by atoms with Crippen LogP contribution in [0.15, 0.2) is 48.0 Å². The van der Waals surface area contributed by atoms with E-state index in [9.17, 15) is 30.1 Å². The molecule has 27 heavy (non-hydrogen) atoms. The summed E-state index contributed by atoms with van der Waals surface area (Å²) in [6, 6.07) is 11.0. The Morgan fingerprint density at radius 3 is 2.59 bits per heavy atom. The zero-order chi connectivity index (χ0) is 20.0. The van der Waals surface area contributed by atoms with Gasteiger partial charge in [-0.3, -0.25) is 14.9 Å². The first kappa shape index (κ1) is 19.1. The van der Waals surface area contributed by atoms with E-state index in [2.05, 4.69) is 5.32 Å². The lowest BCUT2D eigenvalue weighted by atomic mass is 10.1. The van der Waals surface area contributed by atoms with Crippen molar-refractivity contribution in [1.29, 1.82) is 5.26 Å². The third-order valence-electron chi connectivity index (χ3n) is 3.43. The molecular formula is C18H12N3O6-. The van der Waals surface area contributed by atoms with Gasteiger partial charge in [0.2, 0.25) is 0 Å². The number of nitrogens with zero attached hydrogens (tertiary/aromatic N) is 2. The topological polar surface area (TPSA) is 145 Å². The highest BCUT2D eigenvalue weighted by Gasteiger charge is 2.13. The van der Waals surface area contributed by atoms with Crippen molar-refractivity contribution in [2.75, 3.05) is 12.4 Å². The molecule has 0 unspecified atom stereocenters. The first-order chi connectivity index (χ1) is 12.8. The number of benzene rings is 2. The molecule has 9 nitrogen and oxygen atoms in total. The molecule has 2 rings (SSSR count). The number of rotatable bonds is 6. The predicted molar refractivity (Wildman–Crippen MR) is 92.6 cm³/mol. The van der Waals surface area contributed by atoms with Crippen molar-refractivity contribution in [3.63, 3.8) is 0 Å². The summed E-state index contributed by atoms with van der Waals surface area (Å²) >= 11 is 0. The first-order valence-electron chi connectivity index (χ1n) is 7.42. The van der Waals surface area contributed by atoms with Crippen LogP contribution >= 0.6 is 0 Å². The maximum Gasteiger partial charge on any atom is 0.271 e. The molecule has 0 aliphatic rings. The van der Waals surface area contributed by atoms with Crippen molar-refractivity contribution in [3.8, 4) is 11.8 Å². The lowest BCUT2D eigenvalue weighted by Crippen LogP contribution is -2.23. The van der Waals surface area contributed by atoms with E-state index in [0.717, 1.165) is 6.07 Å². The number of aromatic carboxylic acids is 1. The third-order valence-corrected chi connectivity index (χ3v) is 3.43. The van der Waals surface area contributed by atoms with Crippen molar-refractivity contribution in [3.05, 3.63) is 69.3 Å². The standard InChI is InChI=1S/C18H13N3O6/c1-27-16-6-5-11(8-15(16)18(23)24)7-12(10-19)17(22)20-13-3-2-4-14(9-13)21(25)26/h2-9H,1H3,(H,20,22)(H,23,24)/p-1/b12-7+. The fourth-order valence-electron chi connectivity index (χ4n) is 2.19. The maximum atomic E-state index is 12.2. The minimum absolute atomic E-state index is 0.0757. The number of carbonyl (C=O) groups is 2. The summed E-state index contributed by atoms with van der Waals surface area (Å²) < 4.78 is 4.91. The van der Waals surface area contributed by atoms with Crippen LogP contribution in [0, 0.1) is 21.4 Å². The monoisotopic (exact) mass is 366 g/mol. The molecule has 0 heterocycles. The van der Waals surface area contributed by atoms with Gasteiger partial charge in [-0.1, -0.05) is 12.1 Å². The molecule has 2 aromatic rings. The Bertz CT molecular complexity index is 991. The molecule has 0 saturated heterocycles. The van der Waals surface area contributed by atoms with E-state index in [1.54, 1.807) is 6.07 Å². The molecule has 0 aromatic heterocycles. The normalized spacial score (nSPS) is 10.6. The number of methoxy groups -OCH3 is 1. The largest absolute Gasteiger partial charge is 0.545 e. The van der Waals surface area contributed by atoms with E-state index in [0.29, 0.717) is 0 Å². The first-order valence-corrected chi connectivity index (χ1v) is 7.42. The number of hydrogen-bond donors (Lipinski definition) is 1. The molecule has 136 valence electrons. The zero-order valence-electron chi connectivity index (χ0n) is 14.0. The van der Waals surface area contributed by atoms with Gasteiger partial charge in [0.25, 0.3) is 11.6 Å². The number of nitrogens with one attached hydrogen (secondary N) is 1. The van der Waals surface area contributed by atoms with Gasteiger partial charge in [0.1, 0.15) is 17.4 Å². The molecule has 2 aromatic carbocycles. The van der Waals surface area contributed by atoms with E-state index >= 15 is 0 Å². The molecule has 1 N–H and O–H groups in total. The van der Waals surface area contributed by atoms with E-state index < -0.39 is 16.8 Å². The highest BCUT2D eigenvalue weighted by atomic mass is 16.6. The van der Waals surface area contributed by atoms with E-state index in [4.69, 9.17) is 4.74 Å². The SMILES string of the molecule is COc1ccc(/C=C(\C#N)C(=O)Nc2cccc([N+](=O)[O-])c2)cc1C(=O)[O-]. The Labute approximate surface area is 153 Å². The molecule has 0 fully saturated rings. The van der Waals surface area contributed by atoms with Crippen LogP contribution in [-0.4, -0.2) is 23.9 Å². The number of carboxylic acids is 1. The second-order valence-electron chi connectivity index (χ2n) is 5.18. The van der Waals surface area contributed by atoms with Gasteiger partial charge in [0, 0.05) is 23.4 Å². The van der Waals surface area contributed by atoms with Crippen LogP contribution in [-0.2, 0) is 4.79 Å². The average Bonchev–Trinajstić information content (AvgIpc) is 2.65. The van der Waals surface area contributed by atoms with Gasteiger partial charge in [0.05, 0.1) is 18.0 Å². The molecule has 0 radical (unpaired) electrons. The molecule has 9 heteroatoms. The number of hydrogen-bond acceptors (Lipinski definition) is 7. The fourth-order valence-corrected chi connectivity index (χ4v) is 2.19. The van der Waals surface area contributed by atoms with Crippen LogP contribution in [0.1, 0.15) is 15.9 Å². The van der Waals surface area contributed by atoms with E-state index in [-0.39, 0.29) is 33.8 Å². The quantitative estimate of drug-likeness (QED) is 0.353. The van der Waals surface area contributed by atoms with Crippen LogP contribution in [0.25, 0.3) is 6.08 Å². The number of nitro benzene ring substituents is 1. The Morgan fingerprint density at radius 2 is 2.00 bits per heavy atom. The Balaban J connectivity index is 2.31. The molecule has 0 aliphatic heterocycles. The molecule has 0 bridgehead atoms. The predicted octanol–water partition coefficient (Wildman–Crippen LogP) is 1.51. The van der Waals surface area contributed by atoms with Gasteiger partial charge in [-0.2, -0.15) is 5.26 Å². The van der Waals surface area contributed by atoms with Crippen LogP contribution < -0.4 is 15.2 Å². The van der Waals surface area contributed by atoms with Gasteiger partial charge in [-0.15, -0.1) is 0 Å². The lowest BCUT2D eigenvalue weighted by molar-refractivity contribution is -0.384. The molecule has 0 aliphatic carbocycles. The smallest absolute Gasteiger partial charge is 0.271 e. The summed E-state index contributed by atoms with van der Waals surface area (Å²) in [7, 11) is 1.30. The second-order valence-corrected chi connectivity index (χ2v) is 5.18. The third kappa shape index (κ3) is 4.67. The highest BCUT2D eigenvalue weighted by Crippen LogP contribution is 2.22. The summed E-state index contributed by atoms with van der Waals surface area (Å²) in [6.45, 7) is 0. The van der Waals surface area contributed by atoms with Crippen molar-refractivity contribution in [2.45, 2.75) is 0 Å². The van der Waals surface area contributed by atoms with E-state index in [1.807, 2.05) is 0 Å². The van der Waals surface area contributed by atoms with Gasteiger partial charge in [-0.25, -0.2) is 0 Å². The molecular weight excluding hydrogens is 354 g/mol. The summed E-state index contributed by atoms with van der Waals surface area (Å²) in [5.41, 5.74) is -0.371. The second kappa shape index (κ2) is 8.26. The molecule has 0 spiro atoms. The highest BCUT2D eigenvalue weighted by molar-refractivity contribution is 6.09. The Kier molecular flexibility index (Phi) is 5.86. The van der Waals surface area contributed by atoms with Gasteiger partial charge in [-0.05, 0) is 29.8 Å². The number of amides is 1. The minimum atomic E-state index is -1.47. The Hall–Kier alpha value is -4.19. The van der Waals surface area contributed by atoms with Crippen molar-refractivity contribution >= 4 is 29.3 Å². The number of anilines is 1. The average molecular weight is 366 g/mol. The summed E-state index contributed by atoms with van der Waals surface area (Å²) in [5.74, 6) is -2.20. The zero-order valence-corrected chi connectivity index (χ0v) is 14.0. The van der Waals surface area contributed by atoms with Gasteiger partial charge >= 0.3 is 0 Å². The van der Waals surface area contributed by atoms with Crippen LogP contribution in [0.2, 0.25) is 0 Å². The summed E-state index contributed by atoms with van der Waals surface area (Å²) in [4.78, 5) is 33.5. The number of carbonyl (C=O) groups excluding carboxylic acids is 2. The van der Waals surface area contributed by atoms with Gasteiger partial charge in [0.15, 0.2) is 0 Å². The van der Waals surface area contributed by atoms with Gasteiger partial charge < -0.3 is 20.0 Å². The van der Waals surface area contributed by atoms with Crippen LogP contribution in [0.3, 0.4) is 0 Å². The minimum Gasteiger partial charge on any atom is -0.545 e. The number of nitro groups is 1. The van der Waals surface area contributed by atoms with Crippen LogP contribution in [0.4, 0.5) is 11.4 Å². The number of nitriles is 1. The van der Waals surface area contributed by atoms with E-state index in [1.165, 1.54) is 49.6 Å². The molecule has 0 saturated carbocycles. The Morgan fingerprint density at radius 1 is 1.26 bits per heavy atom. The van der Waals surface area contributed by atoms with Crippen molar-refractivity contribution < 1.29 is 24.4 Å². The van der Waals surface area contributed by atoms with Crippen LogP contribution in [0.5, 0.6) is 5.75 Å². The van der Waals surface area contributed by atoms with Crippen molar-refractivity contribution in [1.82, 2.24) is 0 Å².